The van der Waals surface area contributed by atoms with Gasteiger partial charge in [-0.05, 0) is 48.2 Å². The van der Waals surface area contributed by atoms with Crippen LogP contribution in [0.1, 0.15) is 47.4 Å². The smallest absolute Gasteiger partial charge is 0.222 e. The van der Waals surface area contributed by atoms with Gasteiger partial charge in [0.2, 0.25) is 11.8 Å². The highest BCUT2D eigenvalue weighted by atomic mass is 32.2. The van der Waals surface area contributed by atoms with Crippen molar-refractivity contribution in [2.45, 2.75) is 43.4 Å². The van der Waals surface area contributed by atoms with Crippen LogP contribution in [-0.2, 0) is 21.1 Å². The molecule has 2 atom stereocenters. The monoisotopic (exact) mass is 492 g/mol. The number of methoxy groups -OCH3 is 1. The van der Waals surface area contributed by atoms with Crippen molar-refractivity contribution in [3.63, 3.8) is 0 Å². The number of nitrogens with zero attached hydrogens (tertiary/aromatic N) is 2. The molecule has 2 heterocycles. The molecule has 1 amide bonds. The van der Waals surface area contributed by atoms with E-state index in [0.29, 0.717) is 36.7 Å². The summed E-state index contributed by atoms with van der Waals surface area (Å²) in [5.41, 5.74) is 4.24. The van der Waals surface area contributed by atoms with Crippen LogP contribution in [0.2, 0.25) is 0 Å². The van der Waals surface area contributed by atoms with Crippen molar-refractivity contribution < 1.29 is 17.9 Å². The highest BCUT2D eigenvalue weighted by molar-refractivity contribution is 7.91. The first kappa shape index (κ1) is 24.9. The summed E-state index contributed by atoms with van der Waals surface area (Å²) in [7, 11) is -1.59. The van der Waals surface area contributed by atoms with Crippen molar-refractivity contribution in [2.24, 2.45) is 0 Å². The van der Waals surface area contributed by atoms with Gasteiger partial charge in [0, 0.05) is 43.1 Å². The molecule has 1 aliphatic heterocycles. The second kappa shape index (κ2) is 10.6. The van der Waals surface area contributed by atoms with Gasteiger partial charge in [-0.2, -0.15) is 0 Å². The fraction of sp³-hybridized carbons (Fsp3) is 0.357. The first-order chi connectivity index (χ1) is 16.8. The summed E-state index contributed by atoms with van der Waals surface area (Å²) in [5, 5.41) is 0. The Morgan fingerprint density at radius 2 is 1.74 bits per heavy atom. The summed E-state index contributed by atoms with van der Waals surface area (Å²) in [6.07, 6.45) is 2.74. The largest absolute Gasteiger partial charge is 0.481 e. The fourth-order valence-electron chi connectivity index (χ4n) is 4.82. The van der Waals surface area contributed by atoms with Crippen LogP contribution in [-0.4, -0.2) is 50.2 Å². The summed E-state index contributed by atoms with van der Waals surface area (Å²) >= 11 is 0. The first-order valence-electron chi connectivity index (χ1n) is 12.0. The molecule has 0 N–H and O–H groups in total. The van der Waals surface area contributed by atoms with Gasteiger partial charge in [0.15, 0.2) is 9.84 Å². The van der Waals surface area contributed by atoms with Gasteiger partial charge in [-0.25, -0.2) is 13.4 Å². The highest BCUT2D eigenvalue weighted by Gasteiger charge is 2.38. The number of benzene rings is 2. The predicted octanol–water partition coefficient (Wildman–Crippen LogP) is 4.53. The molecule has 4 rings (SSSR count). The minimum absolute atomic E-state index is 0.0742. The van der Waals surface area contributed by atoms with Gasteiger partial charge in [-0.3, -0.25) is 4.79 Å². The maximum atomic E-state index is 13.2. The minimum Gasteiger partial charge on any atom is -0.481 e. The topological polar surface area (TPSA) is 76.6 Å². The summed E-state index contributed by atoms with van der Waals surface area (Å²) in [4.78, 5) is 20.0. The molecular weight excluding hydrogens is 460 g/mol. The highest BCUT2D eigenvalue weighted by Crippen LogP contribution is 2.42. The third kappa shape index (κ3) is 5.56. The predicted molar refractivity (Wildman–Crippen MR) is 137 cm³/mol. The van der Waals surface area contributed by atoms with Crippen LogP contribution in [0.5, 0.6) is 5.88 Å². The van der Waals surface area contributed by atoms with E-state index in [1.807, 2.05) is 30.0 Å². The molecule has 6 nitrogen and oxygen atoms in total. The maximum Gasteiger partial charge on any atom is 0.222 e. The number of aryl methyl sites for hydroxylation is 2. The maximum absolute atomic E-state index is 13.2. The van der Waals surface area contributed by atoms with Gasteiger partial charge < -0.3 is 9.64 Å². The van der Waals surface area contributed by atoms with Crippen molar-refractivity contribution in [1.82, 2.24) is 9.88 Å². The number of likely N-dealkylation sites (tertiary alicyclic amines) is 1. The molecule has 1 aliphatic rings. The van der Waals surface area contributed by atoms with Crippen molar-refractivity contribution >= 4 is 15.7 Å². The molecule has 0 aliphatic carbocycles. The van der Waals surface area contributed by atoms with E-state index in [0.717, 1.165) is 16.7 Å². The van der Waals surface area contributed by atoms with Gasteiger partial charge in [-0.15, -0.1) is 0 Å². The van der Waals surface area contributed by atoms with Crippen LogP contribution in [0.15, 0.2) is 71.8 Å². The number of rotatable bonds is 8. The summed E-state index contributed by atoms with van der Waals surface area (Å²) in [6, 6.07) is 19.3. The average molecular weight is 493 g/mol. The molecule has 1 fully saturated rings. The third-order valence-corrected chi connectivity index (χ3v) is 8.55. The van der Waals surface area contributed by atoms with E-state index in [1.54, 1.807) is 44.5 Å². The van der Waals surface area contributed by atoms with Crippen LogP contribution in [0.4, 0.5) is 0 Å². The lowest BCUT2D eigenvalue weighted by Crippen LogP contribution is -2.29. The Morgan fingerprint density at radius 3 is 2.40 bits per heavy atom. The van der Waals surface area contributed by atoms with Gasteiger partial charge in [0.05, 0.1) is 17.8 Å². The average Bonchev–Trinajstić information content (AvgIpc) is 3.33. The van der Waals surface area contributed by atoms with Crippen molar-refractivity contribution in [3.8, 4) is 5.88 Å². The Kier molecular flexibility index (Phi) is 7.55. The Hall–Kier alpha value is -3.19. The number of ether oxygens (including phenoxy) is 1. The molecule has 35 heavy (non-hydrogen) atoms. The zero-order valence-corrected chi connectivity index (χ0v) is 21.3. The molecule has 1 saturated heterocycles. The van der Waals surface area contributed by atoms with Gasteiger partial charge >= 0.3 is 0 Å². The summed E-state index contributed by atoms with van der Waals surface area (Å²) in [6.45, 7) is 4.89. The molecule has 2 unspecified atom stereocenters. The second-order valence-corrected chi connectivity index (χ2v) is 11.4. The molecule has 0 bridgehead atoms. The van der Waals surface area contributed by atoms with E-state index in [9.17, 15) is 13.2 Å². The second-order valence-electron chi connectivity index (χ2n) is 9.08. The Labute approximate surface area is 207 Å². The summed E-state index contributed by atoms with van der Waals surface area (Å²) in [5.74, 6) is 1.01. The van der Waals surface area contributed by atoms with E-state index in [2.05, 4.69) is 23.2 Å². The van der Waals surface area contributed by atoms with E-state index in [4.69, 9.17) is 4.74 Å². The molecular formula is C28H32N2O4S. The number of pyridine rings is 1. The Morgan fingerprint density at radius 1 is 1.06 bits per heavy atom. The number of carbonyl (C=O) groups excluding carboxylic acids is 1. The van der Waals surface area contributed by atoms with Crippen LogP contribution in [0.25, 0.3) is 0 Å². The number of sulfone groups is 1. The fourth-order valence-corrected chi connectivity index (χ4v) is 5.70. The number of carbonyl (C=O) groups is 1. The van der Waals surface area contributed by atoms with Crippen molar-refractivity contribution in [3.05, 3.63) is 89.1 Å². The number of hydrogen-bond donors (Lipinski definition) is 0. The van der Waals surface area contributed by atoms with Crippen LogP contribution < -0.4 is 4.74 Å². The van der Waals surface area contributed by atoms with Crippen LogP contribution >= 0.6 is 0 Å². The van der Waals surface area contributed by atoms with E-state index < -0.39 is 9.84 Å². The SMILES string of the molecule is CCS(=O)(=O)c1ccc(CCC(=O)N2CC(c3ccccc3)C(c3cc(C)cnc3OC)C2)cc1. The zero-order chi connectivity index (χ0) is 25.0. The van der Waals surface area contributed by atoms with Gasteiger partial charge in [0.25, 0.3) is 0 Å². The van der Waals surface area contributed by atoms with Crippen LogP contribution in [0, 0.1) is 6.92 Å². The molecule has 1 aromatic heterocycles. The van der Waals surface area contributed by atoms with Gasteiger partial charge in [0.1, 0.15) is 0 Å². The van der Waals surface area contributed by atoms with Crippen LogP contribution in [0.3, 0.4) is 0 Å². The third-order valence-electron chi connectivity index (χ3n) is 6.80. The molecule has 2 aromatic carbocycles. The molecule has 184 valence electrons. The quantitative estimate of drug-likeness (QED) is 0.462. The van der Waals surface area contributed by atoms with Crippen molar-refractivity contribution in [2.75, 3.05) is 26.0 Å². The zero-order valence-electron chi connectivity index (χ0n) is 20.5. The normalized spacial score (nSPS) is 18.0. The van der Waals surface area contributed by atoms with E-state index in [-0.39, 0.29) is 23.5 Å². The minimum atomic E-state index is -3.22. The van der Waals surface area contributed by atoms with E-state index >= 15 is 0 Å². The number of aromatic nitrogens is 1. The Bertz CT molecular complexity index is 1270. The molecule has 3 aromatic rings. The standard InChI is InChI=1S/C28H32N2O4S/c1-4-35(32,33)23-13-10-21(11-14-23)12-15-27(31)30-18-25(22-8-6-5-7-9-22)26(19-30)24-16-20(2)17-29-28(24)34-3/h5-11,13-14,16-17,25-26H,4,12,15,18-19H2,1-3H3. The van der Waals surface area contributed by atoms with E-state index in [1.165, 1.54) is 5.56 Å². The van der Waals surface area contributed by atoms with Gasteiger partial charge in [-0.1, -0.05) is 49.4 Å². The summed E-state index contributed by atoms with van der Waals surface area (Å²) < 4.78 is 29.7. The first-order valence-corrected chi connectivity index (χ1v) is 13.6. The lowest BCUT2D eigenvalue weighted by Gasteiger charge is -2.20. The lowest BCUT2D eigenvalue weighted by molar-refractivity contribution is -0.130. The Balaban J connectivity index is 1.51. The van der Waals surface area contributed by atoms with Crippen molar-refractivity contribution in [1.29, 1.82) is 0 Å². The molecule has 0 spiro atoms. The number of amides is 1. The molecule has 0 saturated carbocycles. The number of hydrogen-bond acceptors (Lipinski definition) is 5. The molecule has 0 radical (unpaired) electrons. The molecule has 7 heteroatoms. The lowest BCUT2D eigenvalue weighted by atomic mass is 9.84.